The Balaban J connectivity index is 1.28. The summed E-state index contributed by atoms with van der Waals surface area (Å²) in [5, 5.41) is 7.40. The molecule has 1 aliphatic carbocycles. The number of nitrogens with two attached hydrogens (primary N) is 1. The number of sulfonamides is 1. The number of carbonyl (C=O) groups is 1. The first-order chi connectivity index (χ1) is 21.4. The van der Waals surface area contributed by atoms with Crippen molar-refractivity contribution in [2.24, 2.45) is 11.7 Å². The number of carbonyl (C=O) groups excluding carboxylic acids is 1. The van der Waals surface area contributed by atoms with Gasteiger partial charge < -0.3 is 16.4 Å². The van der Waals surface area contributed by atoms with Crippen molar-refractivity contribution in [2.45, 2.75) is 75.9 Å². The van der Waals surface area contributed by atoms with E-state index >= 15 is 4.39 Å². The van der Waals surface area contributed by atoms with Gasteiger partial charge >= 0.3 is 0 Å². The van der Waals surface area contributed by atoms with Crippen molar-refractivity contribution in [3.05, 3.63) is 77.2 Å². The lowest BCUT2D eigenvalue weighted by molar-refractivity contribution is -0.124. The van der Waals surface area contributed by atoms with Crippen LogP contribution in [-0.4, -0.2) is 42.4 Å². The van der Waals surface area contributed by atoms with E-state index in [0.717, 1.165) is 47.7 Å². The largest absolute Gasteiger partial charge is 0.352 e. The third-order valence-corrected chi connectivity index (χ3v) is 10.1. The zero-order valence-electron chi connectivity index (χ0n) is 25.5. The summed E-state index contributed by atoms with van der Waals surface area (Å²) >= 11 is 6.05. The predicted molar refractivity (Wildman–Crippen MR) is 177 cm³/mol. The van der Waals surface area contributed by atoms with Crippen molar-refractivity contribution in [2.75, 3.05) is 10.0 Å². The van der Waals surface area contributed by atoms with Gasteiger partial charge in [-0.3, -0.25) is 9.52 Å². The fourth-order valence-corrected chi connectivity index (χ4v) is 7.12. The first-order valence-electron chi connectivity index (χ1n) is 15.1. The number of nitrogens with one attached hydrogen (secondary N) is 3. The maximum atomic E-state index is 15.2. The Morgan fingerprint density at radius 2 is 1.76 bits per heavy atom. The fraction of sp³-hybridized carbons (Fsp3) is 0.364. The van der Waals surface area contributed by atoms with E-state index in [2.05, 4.69) is 20.3 Å². The molecule has 0 radical (unpaired) electrons. The number of fused-ring (bicyclic) bond motifs is 1. The van der Waals surface area contributed by atoms with Crippen LogP contribution < -0.4 is 21.1 Å². The molecule has 0 spiro atoms. The Labute approximate surface area is 268 Å². The monoisotopic (exact) mass is 652 g/mol. The Bertz CT molecular complexity index is 1810. The maximum Gasteiger partial charge on any atom is 0.263 e. The van der Waals surface area contributed by atoms with Crippen LogP contribution in [0.5, 0.6) is 0 Å². The highest BCUT2D eigenvalue weighted by atomic mass is 35.5. The molecular weight excluding hydrogens is 615 g/mol. The molecule has 1 unspecified atom stereocenters. The Hall–Kier alpha value is -3.80. The second kappa shape index (κ2) is 13.7. The zero-order chi connectivity index (χ0) is 32.3. The Morgan fingerprint density at radius 1 is 1.04 bits per heavy atom. The van der Waals surface area contributed by atoms with E-state index < -0.39 is 21.9 Å². The minimum Gasteiger partial charge on any atom is -0.352 e. The van der Waals surface area contributed by atoms with E-state index in [1.165, 1.54) is 24.3 Å². The van der Waals surface area contributed by atoms with Crippen LogP contribution >= 0.6 is 11.6 Å². The van der Waals surface area contributed by atoms with Gasteiger partial charge in [0, 0.05) is 23.7 Å². The minimum atomic E-state index is -4.08. The second-order valence-electron chi connectivity index (χ2n) is 11.8. The fourth-order valence-electron chi connectivity index (χ4n) is 5.53. The highest BCUT2D eigenvalue weighted by Crippen LogP contribution is 2.32. The maximum absolute atomic E-state index is 15.2. The summed E-state index contributed by atoms with van der Waals surface area (Å²) in [5.41, 5.74) is 8.95. The molecule has 45 heavy (non-hydrogen) atoms. The second-order valence-corrected chi connectivity index (χ2v) is 13.9. The van der Waals surface area contributed by atoms with Crippen molar-refractivity contribution in [3.8, 4) is 11.1 Å². The van der Waals surface area contributed by atoms with Gasteiger partial charge in [0.1, 0.15) is 10.7 Å². The van der Waals surface area contributed by atoms with Crippen LogP contribution in [0.4, 0.5) is 16.0 Å². The van der Waals surface area contributed by atoms with Crippen molar-refractivity contribution < 1.29 is 17.6 Å². The van der Waals surface area contributed by atoms with Gasteiger partial charge in [0.05, 0.1) is 22.3 Å². The number of nitrogens with zero attached hydrogens (tertiary/aromatic N) is 2. The summed E-state index contributed by atoms with van der Waals surface area (Å²) in [6.45, 7) is 5.91. The quantitative estimate of drug-likeness (QED) is 0.158. The van der Waals surface area contributed by atoms with Gasteiger partial charge in [-0.2, -0.15) is 0 Å². The van der Waals surface area contributed by atoms with Crippen LogP contribution in [0.15, 0.2) is 65.7 Å². The first-order valence-corrected chi connectivity index (χ1v) is 17.0. The summed E-state index contributed by atoms with van der Waals surface area (Å²) in [6.07, 6.45) is 5.90. The number of hydrogen-bond donors (Lipinski definition) is 4. The van der Waals surface area contributed by atoms with E-state index in [9.17, 15) is 13.2 Å². The molecule has 238 valence electrons. The molecule has 1 fully saturated rings. The molecule has 1 atom stereocenters. The normalized spacial score (nSPS) is 17.7. The standard InChI is InChI=1S/C33H38ClFN6O3S/c1-4-20-15-22(21-9-14-28(27(35)17-21)41-45(43,44)29-8-6-5-7-26(29)34)16-23-18-37-33(40-31(20)23)39-25-12-10-24(11-13-25)38-32(42)30(36)19(2)3/h5-9,14-19,24-25,30,41H,4,10-13,36H2,1-3H3,(H,38,42)(H,37,39,40). The molecule has 12 heteroatoms. The Kier molecular flexibility index (Phi) is 9.91. The molecule has 0 bridgehead atoms. The summed E-state index contributed by atoms with van der Waals surface area (Å²) in [7, 11) is -4.08. The van der Waals surface area contributed by atoms with Crippen LogP contribution in [0.1, 0.15) is 52.0 Å². The topological polar surface area (TPSA) is 139 Å². The first kappa shape index (κ1) is 32.6. The molecule has 1 aromatic heterocycles. The van der Waals surface area contributed by atoms with Crippen LogP contribution in [0.2, 0.25) is 5.02 Å². The SMILES string of the molecule is CCc1cc(-c2ccc(NS(=O)(=O)c3ccccc3Cl)c(F)c2)cc2cnc(NC3CCC(NC(=O)C(N)C(C)C)CC3)nc12. The smallest absolute Gasteiger partial charge is 0.263 e. The Morgan fingerprint density at radius 3 is 2.42 bits per heavy atom. The lowest BCUT2D eigenvalue weighted by Crippen LogP contribution is -2.49. The van der Waals surface area contributed by atoms with E-state index in [1.54, 1.807) is 24.4 Å². The van der Waals surface area contributed by atoms with Crippen LogP contribution in [0, 0.1) is 11.7 Å². The van der Waals surface area contributed by atoms with Crippen molar-refractivity contribution >= 4 is 50.1 Å². The van der Waals surface area contributed by atoms with Crippen molar-refractivity contribution in [3.63, 3.8) is 0 Å². The van der Waals surface area contributed by atoms with E-state index in [0.29, 0.717) is 17.9 Å². The average Bonchev–Trinajstić information content (AvgIpc) is 3.02. The minimum absolute atomic E-state index is 0.0476. The average molecular weight is 653 g/mol. The van der Waals surface area contributed by atoms with Gasteiger partial charge in [0.25, 0.3) is 10.0 Å². The number of benzene rings is 3. The predicted octanol–water partition coefficient (Wildman–Crippen LogP) is 6.28. The number of amides is 1. The summed E-state index contributed by atoms with van der Waals surface area (Å²) in [5.74, 6) is -0.176. The van der Waals surface area contributed by atoms with Crippen LogP contribution in [0.3, 0.4) is 0 Å². The number of hydrogen-bond acceptors (Lipinski definition) is 7. The van der Waals surface area contributed by atoms with Gasteiger partial charge in [-0.05, 0) is 91.1 Å². The molecule has 4 aromatic rings. The molecule has 1 aliphatic rings. The zero-order valence-corrected chi connectivity index (χ0v) is 27.1. The van der Waals surface area contributed by atoms with Crippen LogP contribution in [0.25, 0.3) is 22.0 Å². The molecular formula is C33H38ClFN6O3S. The van der Waals surface area contributed by atoms with Gasteiger partial charge in [-0.25, -0.2) is 22.8 Å². The number of rotatable bonds is 10. The van der Waals surface area contributed by atoms with Gasteiger partial charge in [-0.15, -0.1) is 0 Å². The van der Waals surface area contributed by atoms with Crippen LogP contribution in [-0.2, 0) is 21.2 Å². The highest BCUT2D eigenvalue weighted by Gasteiger charge is 2.26. The number of anilines is 2. The molecule has 1 amide bonds. The molecule has 9 nitrogen and oxygen atoms in total. The van der Waals surface area contributed by atoms with E-state index in [-0.39, 0.29) is 39.5 Å². The lowest BCUT2D eigenvalue weighted by atomic mass is 9.90. The van der Waals surface area contributed by atoms with E-state index in [4.69, 9.17) is 22.3 Å². The van der Waals surface area contributed by atoms with Gasteiger partial charge in [0.2, 0.25) is 11.9 Å². The molecule has 1 saturated carbocycles. The third-order valence-electron chi connectivity index (χ3n) is 8.24. The molecule has 0 saturated heterocycles. The van der Waals surface area contributed by atoms with Gasteiger partial charge in [-0.1, -0.05) is 50.6 Å². The highest BCUT2D eigenvalue weighted by molar-refractivity contribution is 7.92. The van der Waals surface area contributed by atoms with Crippen molar-refractivity contribution in [1.29, 1.82) is 0 Å². The molecule has 5 N–H and O–H groups in total. The van der Waals surface area contributed by atoms with E-state index in [1.807, 2.05) is 32.9 Å². The number of aromatic nitrogens is 2. The van der Waals surface area contributed by atoms with Crippen molar-refractivity contribution in [1.82, 2.24) is 15.3 Å². The third kappa shape index (κ3) is 7.54. The summed E-state index contributed by atoms with van der Waals surface area (Å²) < 4.78 is 43.1. The molecule has 0 aliphatic heterocycles. The number of halogens is 2. The lowest BCUT2D eigenvalue weighted by Gasteiger charge is -2.30. The summed E-state index contributed by atoms with van der Waals surface area (Å²) in [6, 6.07) is 14.0. The molecule has 3 aromatic carbocycles. The summed E-state index contributed by atoms with van der Waals surface area (Å²) in [4.78, 5) is 21.6. The van der Waals surface area contributed by atoms with Gasteiger partial charge in [0.15, 0.2) is 0 Å². The molecule has 1 heterocycles. The number of aryl methyl sites for hydroxylation is 1. The molecule has 5 rings (SSSR count).